The fourth-order valence-electron chi connectivity index (χ4n) is 1.41. The van der Waals surface area contributed by atoms with Crippen molar-refractivity contribution >= 4 is 18.0 Å². The normalized spacial score (nSPS) is 11.8. The maximum absolute atomic E-state index is 11.7. The molecule has 0 aromatic heterocycles. The number of carbonyl (C=O) groups excluding carboxylic acids is 2. The van der Waals surface area contributed by atoms with E-state index in [2.05, 4.69) is 10.1 Å². The first kappa shape index (κ1) is 17.2. The van der Waals surface area contributed by atoms with Gasteiger partial charge >= 0.3 is 18.0 Å². The Morgan fingerprint density at radius 2 is 1.89 bits per heavy atom. The van der Waals surface area contributed by atoms with Gasteiger partial charge in [0, 0.05) is 13.6 Å². The molecule has 0 bridgehead atoms. The van der Waals surface area contributed by atoms with Crippen LogP contribution in [0, 0.1) is 5.92 Å². The van der Waals surface area contributed by atoms with Crippen molar-refractivity contribution < 1.29 is 24.2 Å². The van der Waals surface area contributed by atoms with E-state index in [9.17, 15) is 14.4 Å². The topological polar surface area (TPSA) is 95.9 Å². The zero-order valence-electron chi connectivity index (χ0n) is 11.8. The molecular formula is C12H22N2O5. The highest BCUT2D eigenvalue weighted by atomic mass is 16.5. The Hall–Kier alpha value is -1.79. The van der Waals surface area contributed by atoms with Crippen molar-refractivity contribution in [2.24, 2.45) is 5.92 Å². The molecule has 0 spiro atoms. The quantitative estimate of drug-likeness (QED) is 0.666. The molecule has 0 unspecified atom stereocenters. The van der Waals surface area contributed by atoms with Crippen LogP contribution in [0.3, 0.4) is 0 Å². The summed E-state index contributed by atoms with van der Waals surface area (Å²) in [5, 5.41) is 11.4. The van der Waals surface area contributed by atoms with Crippen LogP contribution in [0.2, 0.25) is 0 Å². The summed E-state index contributed by atoms with van der Waals surface area (Å²) in [6.45, 7) is 3.93. The van der Waals surface area contributed by atoms with E-state index in [1.165, 1.54) is 19.1 Å². The van der Waals surface area contributed by atoms with Gasteiger partial charge in [0.1, 0.15) is 6.04 Å². The Bertz CT molecular complexity index is 330. The maximum atomic E-state index is 11.7. The minimum Gasteiger partial charge on any atom is -0.480 e. The molecular weight excluding hydrogens is 252 g/mol. The van der Waals surface area contributed by atoms with Crippen molar-refractivity contribution in [3.63, 3.8) is 0 Å². The van der Waals surface area contributed by atoms with Crippen LogP contribution < -0.4 is 5.32 Å². The van der Waals surface area contributed by atoms with Crippen molar-refractivity contribution in [2.45, 2.75) is 32.7 Å². The lowest BCUT2D eigenvalue weighted by Gasteiger charge is -2.22. The van der Waals surface area contributed by atoms with Gasteiger partial charge in [0.05, 0.1) is 13.5 Å². The lowest BCUT2D eigenvalue weighted by molar-refractivity contribution is -0.141. The first-order valence-corrected chi connectivity index (χ1v) is 6.09. The standard InChI is InChI=1S/C12H22N2O5/c1-8(2)7-9(11(16)17)13-12(18)14(3)6-5-10(15)19-4/h8-9H,5-7H2,1-4H3,(H,13,18)(H,16,17)/t9-/m0/s1. The van der Waals surface area contributed by atoms with Gasteiger partial charge in [-0.2, -0.15) is 0 Å². The second-order valence-corrected chi connectivity index (χ2v) is 4.72. The number of nitrogens with zero attached hydrogens (tertiary/aromatic N) is 1. The van der Waals surface area contributed by atoms with Gasteiger partial charge in [-0.3, -0.25) is 4.79 Å². The molecule has 0 aliphatic heterocycles. The number of hydrogen-bond acceptors (Lipinski definition) is 4. The van der Waals surface area contributed by atoms with E-state index in [4.69, 9.17) is 5.11 Å². The van der Waals surface area contributed by atoms with Gasteiger partial charge < -0.3 is 20.1 Å². The summed E-state index contributed by atoms with van der Waals surface area (Å²) in [4.78, 5) is 34.9. The summed E-state index contributed by atoms with van der Waals surface area (Å²) in [7, 11) is 2.76. The molecule has 110 valence electrons. The van der Waals surface area contributed by atoms with Crippen LogP contribution in [0.4, 0.5) is 4.79 Å². The second-order valence-electron chi connectivity index (χ2n) is 4.72. The highest BCUT2D eigenvalue weighted by molar-refractivity contribution is 5.82. The molecule has 0 saturated carbocycles. The van der Waals surface area contributed by atoms with E-state index < -0.39 is 24.0 Å². The lowest BCUT2D eigenvalue weighted by atomic mass is 10.0. The molecule has 7 nitrogen and oxygen atoms in total. The minimum absolute atomic E-state index is 0.0718. The number of methoxy groups -OCH3 is 1. The van der Waals surface area contributed by atoms with Gasteiger partial charge in [0.25, 0.3) is 0 Å². The fraction of sp³-hybridized carbons (Fsp3) is 0.750. The highest BCUT2D eigenvalue weighted by Crippen LogP contribution is 2.05. The monoisotopic (exact) mass is 274 g/mol. The number of esters is 1. The number of carbonyl (C=O) groups is 3. The third-order valence-corrected chi connectivity index (χ3v) is 2.53. The molecule has 0 saturated heterocycles. The lowest BCUT2D eigenvalue weighted by Crippen LogP contribution is -2.47. The van der Waals surface area contributed by atoms with Crippen LogP contribution >= 0.6 is 0 Å². The highest BCUT2D eigenvalue weighted by Gasteiger charge is 2.22. The smallest absolute Gasteiger partial charge is 0.326 e. The number of ether oxygens (including phenoxy) is 1. The Labute approximate surface area is 112 Å². The van der Waals surface area contributed by atoms with Crippen LogP contribution in [0.15, 0.2) is 0 Å². The van der Waals surface area contributed by atoms with Gasteiger partial charge in [-0.25, -0.2) is 9.59 Å². The van der Waals surface area contributed by atoms with Gasteiger partial charge in [-0.1, -0.05) is 13.8 Å². The van der Waals surface area contributed by atoms with Crippen LogP contribution in [0.5, 0.6) is 0 Å². The van der Waals surface area contributed by atoms with Crippen molar-refractivity contribution in [3.05, 3.63) is 0 Å². The van der Waals surface area contributed by atoms with Crippen molar-refractivity contribution in [1.82, 2.24) is 10.2 Å². The molecule has 0 aliphatic carbocycles. The molecule has 0 aromatic carbocycles. The number of aliphatic carboxylic acids is 1. The molecule has 1 atom stereocenters. The van der Waals surface area contributed by atoms with E-state index in [1.807, 2.05) is 13.8 Å². The molecule has 0 rings (SSSR count). The molecule has 19 heavy (non-hydrogen) atoms. The number of carboxylic acids is 1. The Balaban J connectivity index is 4.31. The molecule has 0 fully saturated rings. The summed E-state index contributed by atoms with van der Waals surface area (Å²) in [5.41, 5.74) is 0. The molecule has 2 N–H and O–H groups in total. The predicted molar refractivity (Wildman–Crippen MR) is 68.7 cm³/mol. The molecule has 0 radical (unpaired) electrons. The van der Waals surface area contributed by atoms with E-state index >= 15 is 0 Å². The Kier molecular flexibility index (Phi) is 7.55. The van der Waals surface area contributed by atoms with E-state index in [0.717, 1.165) is 0 Å². The maximum Gasteiger partial charge on any atom is 0.326 e. The first-order valence-electron chi connectivity index (χ1n) is 6.09. The van der Waals surface area contributed by atoms with Crippen molar-refractivity contribution in [2.75, 3.05) is 20.7 Å². The first-order chi connectivity index (χ1) is 8.77. The van der Waals surface area contributed by atoms with Crippen LogP contribution in [-0.4, -0.2) is 54.7 Å². The molecule has 0 aromatic rings. The summed E-state index contributed by atoms with van der Waals surface area (Å²) in [6.07, 6.45) is 0.425. The van der Waals surface area contributed by atoms with Gasteiger partial charge in [-0.15, -0.1) is 0 Å². The molecule has 0 aliphatic rings. The average molecular weight is 274 g/mol. The van der Waals surface area contributed by atoms with E-state index in [0.29, 0.717) is 6.42 Å². The number of amides is 2. The molecule has 7 heteroatoms. The van der Waals surface area contributed by atoms with Crippen molar-refractivity contribution in [3.8, 4) is 0 Å². The third-order valence-electron chi connectivity index (χ3n) is 2.53. The van der Waals surface area contributed by atoms with E-state index in [-0.39, 0.29) is 18.9 Å². The third kappa shape index (κ3) is 7.28. The molecule has 2 amide bonds. The zero-order chi connectivity index (χ0) is 15.0. The van der Waals surface area contributed by atoms with Gasteiger partial charge in [0.2, 0.25) is 0 Å². The summed E-state index contributed by atoms with van der Waals surface area (Å²) in [5.74, 6) is -1.33. The number of hydrogen-bond donors (Lipinski definition) is 2. The van der Waals surface area contributed by atoms with Gasteiger partial charge in [-0.05, 0) is 12.3 Å². The van der Waals surface area contributed by atoms with Crippen molar-refractivity contribution in [1.29, 1.82) is 0 Å². The summed E-state index contributed by atoms with van der Waals surface area (Å²) < 4.78 is 4.46. The summed E-state index contributed by atoms with van der Waals surface area (Å²) >= 11 is 0. The van der Waals surface area contributed by atoms with Crippen LogP contribution in [0.25, 0.3) is 0 Å². The Morgan fingerprint density at radius 3 is 2.32 bits per heavy atom. The number of urea groups is 1. The average Bonchev–Trinajstić information content (AvgIpc) is 2.33. The summed E-state index contributed by atoms with van der Waals surface area (Å²) in [6, 6.07) is -1.44. The Morgan fingerprint density at radius 1 is 1.32 bits per heavy atom. The minimum atomic E-state index is -1.07. The number of rotatable bonds is 7. The number of carboxylic acid groups (broad SMARTS) is 1. The SMILES string of the molecule is COC(=O)CCN(C)C(=O)N[C@@H](CC(C)C)C(=O)O. The second kappa shape index (κ2) is 8.34. The number of nitrogens with one attached hydrogen (secondary N) is 1. The fourth-order valence-corrected chi connectivity index (χ4v) is 1.41. The van der Waals surface area contributed by atoms with E-state index in [1.54, 1.807) is 0 Å². The zero-order valence-corrected chi connectivity index (χ0v) is 11.8. The largest absolute Gasteiger partial charge is 0.480 e. The van der Waals surface area contributed by atoms with Crippen LogP contribution in [0.1, 0.15) is 26.7 Å². The predicted octanol–water partition coefficient (Wildman–Crippen LogP) is 0.690. The van der Waals surface area contributed by atoms with Gasteiger partial charge in [0.15, 0.2) is 0 Å². The van der Waals surface area contributed by atoms with Crippen LogP contribution in [-0.2, 0) is 14.3 Å². The molecule has 0 heterocycles.